The highest BCUT2D eigenvalue weighted by molar-refractivity contribution is 14.0. The number of rotatable bonds is 7. The van der Waals surface area contributed by atoms with E-state index in [1.165, 1.54) is 0 Å². The number of amides is 1. The summed E-state index contributed by atoms with van der Waals surface area (Å²) in [6.45, 7) is 8.30. The lowest BCUT2D eigenvalue weighted by atomic mass is 10.1. The van der Waals surface area contributed by atoms with Crippen LogP contribution in [0.5, 0.6) is 0 Å². The van der Waals surface area contributed by atoms with E-state index < -0.39 is 0 Å². The van der Waals surface area contributed by atoms with Gasteiger partial charge in [0.15, 0.2) is 11.8 Å². The molecule has 0 unspecified atom stereocenters. The smallest absolute Gasteiger partial charge is 0.227 e. The first-order valence-electron chi connectivity index (χ1n) is 10.9. The number of guanidine groups is 1. The Morgan fingerprint density at radius 1 is 1.19 bits per heavy atom. The zero-order valence-corrected chi connectivity index (χ0v) is 22.1. The van der Waals surface area contributed by atoms with E-state index in [0.29, 0.717) is 31.1 Å². The van der Waals surface area contributed by atoms with Crippen LogP contribution in [0, 0.1) is 6.92 Å². The standard InChI is InChI=1S/C22H32ClN7O.HI/c1-4-5-9-24-22(25-16-20-27-26-17(2)28(20)3)30-12-10-29(11-13-30)21(31)15-18-7-6-8-19(23)14-18;/h6-8,14H,4-5,9-13,15-16H2,1-3H3,(H,24,25);1H. The number of nitrogens with one attached hydrogen (secondary N) is 1. The third-order valence-electron chi connectivity index (χ3n) is 5.54. The van der Waals surface area contributed by atoms with Gasteiger partial charge in [-0.25, -0.2) is 4.99 Å². The minimum atomic E-state index is 0. The van der Waals surface area contributed by atoms with Crippen molar-refractivity contribution in [2.24, 2.45) is 12.0 Å². The highest BCUT2D eigenvalue weighted by Crippen LogP contribution is 2.13. The van der Waals surface area contributed by atoms with Gasteiger partial charge >= 0.3 is 0 Å². The van der Waals surface area contributed by atoms with Gasteiger partial charge in [0, 0.05) is 44.8 Å². The van der Waals surface area contributed by atoms with E-state index in [0.717, 1.165) is 55.6 Å². The minimum absolute atomic E-state index is 0. The molecule has 8 nitrogen and oxygen atoms in total. The summed E-state index contributed by atoms with van der Waals surface area (Å²) in [6.07, 6.45) is 2.58. The zero-order chi connectivity index (χ0) is 22.2. The highest BCUT2D eigenvalue weighted by Gasteiger charge is 2.23. The molecule has 2 aromatic rings. The molecule has 1 fully saturated rings. The van der Waals surface area contributed by atoms with Crippen LogP contribution in [0.2, 0.25) is 5.02 Å². The van der Waals surface area contributed by atoms with Crippen LogP contribution in [-0.4, -0.2) is 69.2 Å². The molecule has 1 aliphatic rings. The van der Waals surface area contributed by atoms with Gasteiger partial charge in [0.05, 0.1) is 6.42 Å². The predicted octanol–water partition coefficient (Wildman–Crippen LogP) is 3.03. The number of piperazine rings is 1. The second-order valence-corrected chi connectivity index (χ2v) is 8.25. The molecule has 1 aliphatic heterocycles. The molecule has 1 N–H and O–H groups in total. The van der Waals surface area contributed by atoms with Crippen molar-refractivity contribution in [2.75, 3.05) is 32.7 Å². The van der Waals surface area contributed by atoms with Gasteiger partial charge in [0.1, 0.15) is 12.4 Å². The van der Waals surface area contributed by atoms with E-state index in [-0.39, 0.29) is 29.9 Å². The van der Waals surface area contributed by atoms with E-state index >= 15 is 0 Å². The molecule has 2 heterocycles. The van der Waals surface area contributed by atoms with Gasteiger partial charge in [-0.2, -0.15) is 0 Å². The molecule has 0 aliphatic carbocycles. The van der Waals surface area contributed by atoms with Gasteiger partial charge in [-0.05, 0) is 31.0 Å². The number of aromatic nitrogens is 3. The van der Waals surface area contributed by atoms with E-state index in [1.54, 1.807) is 0 Å². The first-order valence-corrected chi connectivity index (χ1v) is 11.3. The van der Waals surface area contributed by atoms with Crippen molar-refractivity contribution in [3.63, 3.8) is 0 Å². The maximum Gasteiger partial charge on any atom is 0.227 e. The molecule has 1 saturated heterocycles. The molecule has 1 aromatic heterocycles. The van der Waals surface area contributed by atoms with Crippen molar-refractivity contribution in [3.05, 3.63) is 46.5 Å². The SMILES string of the molecule is CCCCNC(=NCc1nnc(C)n1C)N1CCN(C(=O)Cc2cccc(Cl)c2)CC1.I. The zero-order valence-electron chi connectivity index (χ0n) is 19.1. The van der Waals surface area contributed by atoms with Gasteiger partial charge in [-0.15, -0.1) is 34.2 Å². The summed E-state index contributed by atoms with van der Waals surface area (Å²) in [5.41, 5.74) is 0.947. The van der Waals surface area contributed by atoms with Crippen LogP contribution in [0.1, 0.15) is 37.0 Å². The van der Waals surface area contributed by atoms with E-state index in [9.17, 15) is 4.79 Å². The lowest BCUT2D eigenvalue weighted by molar-refractivity contribution is -0.131. The van der Waals surface area contributed by atoms with Gasteiger partial charge in [-0.3, -0.25) is 4.79 Å². The fourth-order valence-electron chi connectivity index (χ4n) is 3.48. The molecule has 32 heavy (non-hydrogen) atoms. The second kappa shape index (κ2) is 13.0. The van der Waals surface area contributed by atoms with Gasteiger partial charge < -0.3 is 19.7 Å². The highest BCUT2D eigenvalue weighted by atomic mass is 127. The third kappa shape index (κ3) is 7.33. The molecule has 1 aromatic carbocycles. The number of unbranched alkanes of at least 4 members (excludes halogenated alkanes) is 1. The molecule has 10 heteroatoms. The summed E-state index contributed by atoms with van der Waals surface area (Å²) in [6, 6.07) is 7.50. The molecule has 0 atom stereocenters. The molecule has 3 rings (SSSR count). The van der Waals surface area contributed by atoms with Crippen molar-refractivity contribution in [3.8, 4) is 0 Å². The summed E-state index contributed by atoms with van der Waals surface area (Å²) >= 11 is 6.04. The van der Waals surface area contributed by atoms with Crippen LogP contribution in [0.15, 0.2) is 29.3 Å². The third-order valence-corrected chi connectivity index (χ3v) is 5.78. The van der Waals surface area contributed by atoms with Crippen molar-refractivity contribution in [2.45, 2.75) is 39.7 Å². The van der Waals surface area contributed by atoms with Crippen molar-refractivity contribution >= 4 is 47.4 Å². The number of aliphatic imine (C=N–C) groups is 1. The van der Waals surface area contributed by atoms with Crippen molar-refractivity contribution in [1.29, 1.82) is 0 Å². The van der Waals surface area contributed by atoms with Crippen LogP contribution in [0.3, 0.4) is 0 Å². The van der Waals surface area contributed by atoms with Crippen LogP contribution in [-0.2, 0) is 24.8 Å². The average molecular weight is 574 g/mol. The number of carbonyl (C=O) groups is 1. The Balaban J connectivity index is 0.00000363. The Bertz CT molecular complexity index is 909. The van der Waals surface area contributed by atoms with E-state index in [1.807, 2.05) is 47.7 Å². The normalized spacial score (nSPS) is 14.3. The van der Waals surface area contributed by atoms with Gasteiger partial charge in [0.25, 0.3) is 0 Å². The predicted molar refractivity (Wildman–Crippen MR) is 139 cm³/mol. The van der Waals surface area contributed by atoms with Crippen LogP contribution in [0.25, 0.3) is 0 Å². The Kier molecular flexibility index (Phi) is 10.7. The lowest BCUT2D eigenvalue weighted by Crippen LogP contribution is -2.54. The lowest BCUT2D eigenvalue weighted by Gasteiger charge is -2.36. The Morgan fingerprint density at radius 3 is 2.53 bits per heavy atom. The Morgan fingerprint density at radius 2 is 1.91 bits per heavy atom. The van der Waals surface area contributed by atoms with Crippen LogP contribution in [0.4, 0.5) is 0 Å². The molecule has 176 valence electrons. The number of nitrogens with zero attached hydrogens (tertiary/aromatic N) is 6. The number of hydrogen-bond acceptors (Lipinski definition) is 4. The second-order valence-electron chi connectivity index (χ2n) is 7.82. The quantitative estimate of drug-likeness (QED) is 0.239. The molecule has 1 amide bonds. The maximum atomic E-state index is 12.7. The molecular formula is C22H33ClIN7O. The first-order chi connectivity index (χ1) is 15.0. The van der Waals surface area contributed by atoms with Gasteiger partial charge in [0.2, 0.25) is 5.91 Å². The largest absolute Gasteiger partial charge is 0.356 e. The topological polar surface area (TPSA) is 78.7 Å². The molecule has 0 radical (unpaired) electrons. The maximum absolute atomic E-state index is 12.7. The fourth-order valence-corrected chi connectivity index (χ4v) is 3.69. The van der Waals surface area contributed by atoms with Crippen molar-refractivity contribution < 1.29 is 4.79 Å². The number of carbonyl (C=O) groups excluding carboxylic acids is 1. The molecule has 0 saturated carbocycles. The Labute approximate surface area is 212 Å². The molecule has 0 spiro atoms. The van der Waals surface area contributed by atoms with Crippen LogP contribution < -0.4 is 5.32 Å². The summed E-state index contributed by atoms with van der Waals surface area (Å²) in [5, 5.41) is 12.5. The Hall–Kier alpha value is -1.88. The fraction of sp³-hybridized carbons (Fsp3) is 0.545. The first kappa shape index (κ1) is 26.4. The number of halogens is 2. The monoisotopic (exact) mass is 573 g/mol. The number of benzene rings is 1. The van der Waals surface area contributed by atoms with E-state index in [4.69, 9.17) is 16.6 Å². The molecular weight excluding hydrogens is 541 g/mol. The summed E-state index contributed by atoms with van der Waals surface area (Å²) in [4.78, 5) is 21.7. The minimum Gasteiger partial charge on any atom is -0.356 e. The van der Waals surface area contributed by atoms with Gasteiger partial charge in [-0.1, -0.05) is 37.1 Å². The molecule has 0 bridgehead atoms. The van der Waals surface area contributed by atoms with Crippen LogP contribution >= 0.6 is 35.6 Å². The summed E-state index contributed by atoms with van der Waals surface area (Å²) < 4.78 is 1.96. The summed E-state index contributed by atoms with van der Waals surface area (Å²) in [5.74, 6) is 2.71. The average Bonchev–Trinajstić information content (AvgIpc) is 3.08. The van der Waals surface area contributed by atoms with E-state index in [2.05, 4.69) is 27.3 Å². The number of hydrogen-bond donors (Lipinski definition) is 1. The summed E-state index contributed by atoms with van der Waals surface area (Å²) in [7, 11) is 1.95. The van der Waals surface area contributed by atoms with Crippen molar-refractivity contribution in [1.82, 2.24) is 29.9 Å². The number of aryl methyl sites for hydroxylation is 1.